The number of benzene rings is 2. The van der Waals surface area contributed by atoms with E-state index in [1.54, 1.807) is 36.4 Å². The summed E-state index contributed by atoms with van der Waals surface area (Å²) in [5, 5.41) is 3.78. The molecule has 204 valence electrons. The van der Waals surface area contributed by atoms with Gasteiger partial charge in [0.25, 0.3) is 0 Å². The van der Waals surface area contributed by atoms with Gasteiger partial charge in [-0.05, 0) is 62.9 Å². The van der Waals surface area contributed by atoms with Crippen LogP contribution in [0.2, 0.25) is 10.0 Å². The van der Waals surface area contributed by atoms with Crippen molar-refractivity contribution in [1.82, 2.24) is 10.2 Å². The van der Waals surface area contributed by atoms with Crippen LogP contribution in [-0.2, 0) is 26.2 Å². The molecule has 0 aromatic heterocycles. The first-order valence-electron chi connectivity index (χ1n) is 12.5. The standard InChI is InChI=1S/C27H37Cl2N3O4S/c1-6-20(4)30-27(34)25(7-2)31(18-22-23(28)13-9-14-24(22)29)26(33)15-10-16-32(37(5,35)36)21-12-8-11-19(3)17-21/h8-9,11-14,17,20,25H,6-7,10,15-16,18H2,1-5H3,(H,30,34)/t20-,25+/m0/s1. The maximum absolute atomic E-state index is 13.5. The number of rotatable bonds is 13. The molecule has 0 unspecified atom stereocenters. The van der Waals surface area contributed by atoms with Gasteiger partial charge in [0.05, 0.1) is 11.9 Å². The quantitative estimate of drug-likeness (QED) is 0.341. The molecule has 37 heavy (non-hydrogen) atoms. The molecular weight excluding hydrogens is 533 g/mol. The van der Waals surface area contributed by atoms with Crippen molar-refractivity contribution >= 4 is 50.7 Å². The maximum Gasteiger partial charge on any atom is 0.243 e. The Morgan fingerprint density at radius 2 is 1.65 bits per heavy atom. The minimum Gasteiger partial charge on any atom is -0.352 e. The predicted molar refractivity (Wildman–Crippen MR) is 152 cm³/mol. The number of hydrogen-bond acceptors (Lipinski definition) is 4. The Morgan fingerprint density at radius 1 is 1.03 bits per heavy atom. The van der Waals surface area contributed by atoms with E-state index in [2.05, 4.69) is 5.32 Å². The average molecular weight is 571 g/mol. The second-order valence-corrected chi connectivity index (χ2v) is 12.0. The first-order chi connectivity index (χ1) is 17.4. The van der Waals surface area contributed by atoms with Crippen LogP contribution in [0.5, 0.6) is 0 Å². The molecule has 0 radical (unpaired) electrons. The van der Waals surface area contributed by atoms with Gasteiger partial charge in [-0.3, -0.25) is 13.9 Å². The normalized spacial score (nSPS) is 13.1. The van der Waals surface area contributed by atoms with Crippen LogP contribution in [0.4, 0.5) is 5.69 Å². The number of carbonyl (C=O) groups excluding carboxylic acids is 2. The molecule has 0 saturated carbocycles. The number of anilines is 1. The predicted octanol–water partition coefficient (Wildman–Crippen LogP) is 5.57. The van der Waals surface area contributed by atoms with E-state index in [1.165, 1.54) is 9.21 Å². The van der Waals surface area contributed by atoms with E-state index in [0.29, 0.717) is 27.7 Å². The summed E-state index contributed by atoms with van der Waals surface area (Å²) in [6.07, 6.45) is 2.62. The third kappa shape index (κ3) is 8.90. The van der Waals surface area contributed by atoms with Crippen LogP contribution in [0.25, 0.3) is 0 Å². The Bertz CT molecular complexity index is 1170. The third-order valence-corrected chi connectivity index (χ3v) is 8.12. The molecule has 0 heterocycles. The van der Waals surface area contributed by atoms with E-state index in [0.717, 1.165) is 18.2 Å². The molecule has 2 atom stereocenters. The molecule has 0 aliphatic carbocycles. The Kier molecular flexibility index (Phi) is 11.7. The summed E-state index contributed by atoms with van der Waals surface area (Å²) >= 11 is 12.8. The second kappa shape index (κ2) is 14.0. The monoisotopic (exact) mass is 569 g/mol. The lowest BCUT2D eigenvalue weighted by molar-refractivity contribution is -0.141. The Labute approximate surface area is 231 Å². The van der Waals surface area contributed by atoms with Crippen molar-refractivity contribution in [2.45, 2.75) is 72.0 Å². The zero-order valence-corrected chi connectivity index (χ0v) is 24.5. The van der Waals surface area contributed by atoms with Gasteiger partial charge >= 0.3 is 0 Å². The molecule has 2 aromatic carbocycles. The van der Waals surface area contributed by atoms with Gasteiger partial charge in [-0.25, -0.2) is 8.42 Å². The highest BCUT2D eigenvalue weighted by atomic mass is 35.5. The molecule has 10 heteroatoms. The lowest BCUT2D eigenvalue weighted by atomic mass is 10.1. The lowest BCUT2D eigenvalue weighted by Crippen LogP contribution is -2.50. The SMILES string of the molecule is CC[C@H](C(=O)N[C@@H](C)CC)N(Cc1c(Cl)cccc1Cl)C(=O)CCCN(c1cccc(C)c1)S(C)(=O)=O. The van der Waals surface area contributed by atoms with E-state index in [4.69, 9.17) is 23.2 Å². The topological polar surface area (TPSA) is 86.8 Å². The van der Waals surface area contributed by atoms with E-state index >= 15 is 0 Å². The minimum atomic E-state index is -3.55. The van der Waals surface area contributed by atoms with E-state index in [1.807, 2.05) is 33.8 Å². The summed E-state index contributed by atoms with van der Waals surface area (Å²) in [4.78, 5) is 28.2. The van der Waals surface area contributed by atoms with Gasteiger partial charge in [0.1, 0.15) is 6.04 Å². The van der Waals surface area contributed by atoms with Crippen LogP contribution in [0.1, 0.15) is 57.6 Å². The summed E-state index contributed by atoms with van der Waals surface area (Å²) in [6.45, 7) is 7.81. The van der Waals surface area contributed by atoms with Crippen LogP contribution >= 0.6 is 23.2 Å². The first-order valence-corrected chi connectivity index (χ1v) is 15.1. The van der Waals surface area contributed by atoms with Crippen molar-refractivity contribution < 1.29 is 18.0 Å². The third-order valence-electron chi connectivity index (χ3n) is 6.22. The number of sulfonamides is 1. The first kappa shape index (κ1) is 30.9. The fourth-order valence-corrected chi connectivity index (χ4v) is 5.48. The van der Waals surface area contributed by atoms with E-state index in [9.17, 15) is 18.0 Å². The summed E-state index contributed by atoms with van der Waals surface area (Å²) in [6, 6.07) is 11.5. The molecule has 0 saturated heterocycles. The number of nitrogens with zero attached hydrogens (tertiary/aromatic N) is 2. The number of carbonyl (C=O) groups is 2. The lowest BCUT2D eigenvalue weighted by Gasteiger charge is -2.32. The van der Waals surface area contributed by atoms with E-state index in [-0.39, 0.29) is 43.8 Å². The van der Waals surface area contributed by atoms with Crippen molar-refractivity contribution in [3.05, 3.63) is 63.6 Å². The Balaban J connectivity index is 2.28. The molecule has 0 fully saturated rings. The molecule has 2 rings (SSSR count). The summed E-state index contributed by atoms with van der Waals surface area (Å²) in [7, 11) is -3.55. The number of nitrogens with one attached hydrogen (secondary N) is 1. The smallest absolute Gasteiger partial charge is 0.243 e. The molecule has 2 aromatic rings. The van der Waals surface area contributed by atoms with Crippen molar-refractivity contribution in [3.63, 3.8) is 0 Å². The van der Waals surface area contributed by atoms with Gasteiger partial charge in [0, 0.05) is 41.2 Å². The van der Waals surface area contributed by atoms with Gasteiger partial charge in [0.15, 0.2) is 0 Å². The fraction of sp³-hybridized carbons (Fsp3) is 0.481. The molecule has 0 aliphatic heterocycles. The summed E-state index contributed by atoms with van der Waals surface area (Å²) in [5.41, 5.74) is 2.05. The fourth-order valence-electron chi connectivity index (χ4n) is 4.00. The van der Waals surface area contributed by atoms with Crippen molar-refractivity contribution in [3.8, 4) is 0 Å². The zero-order chi connectivity index (χ0) is 27.8. The Hall–Kier alpha value is -2.29. The highest BCUT2D eigenvalue weighted by Gasteiger charge is 2.30. The highest BCUT2D eigenvalue weighted by molar-refractivity contribution is 7.92. The van der Waals surface area contributed by atoms with Crippen molar-refractivity contribution in [2.75, 3.05) is 17.1 Å². The second-order valence-electron chi connectivity index (χ2n) is 9.24. The molecule has 0 spiro atoms. The van der Waals surface area contributed by atoms with Crippen LogP contribution < -0.4 is 9.62 Å². The molecule has 1 N–H and O–H groups in total. The van der Waals surface area contributed by atoms with Gasteiger partial charge < -0.3 is 10.2 Å². The van der Waals surface area contributed by atoms with Crippen LogP contribution in [-0.4, -0.2) is 50.0 Å². The minimum absolute atomic E-state index is 0.0416. The van der Waals surface area contributed by atoms with Crippen LogP contribution in [0.15, 0.2) is 42.5 Å². The summed E-state index contributed by atoms with van der Waals surface area (Å²) < 4.78 is 26.3. The number of hydrogen-bond donors (Lipinski definition) is 1. The van der Waals surface area contributed by atoms with Crippen molar-refractivity contribution in [1.29, 1.82) is 0 Å². The van der Waals surface area contributed by atoms with Gasteiger partial charge in [0.2, 0.25) is 21.8 Å². The largest absolute Gasteiger partial charge is 0.352 e. The summed E-state index contributed by atoms with van der Waals surface area (Å²) in [5.74, 6) is -0.522. The molecule has 0 bridgehead atoms. The van der Waals surface area contributed by atoms with E-state index < -0.39 is 16.1 Å². The van der Waals surface area contributed by atoms with Gasteiger partial charge in [-0.2, -0.15) is 0 Å². The van der Waals surface area contributed by atoms with Crippen LogP contribution in [0.3, 0.4) is 0 Å². The molecule has 0 aliphatic rings. The van der Waals surface area contributed by atoms with Gasteiger partial charge in [-0.15, -0.1) is 0 Å². The maximum atomic E-state index is 13.5. The highest BCUT2D eigenvalue weighted by Crippen LogP contribution is 2.28. The molecular formula is C27H37Cl2N3O4S. The van der Waals surface area contributed by atoms with Gasteiger partial charge in [-0.1, -0.05) is 55.2 Å². The number of amides is 2. The number of aryl methyl sites for hydroxylation is 1. The average Bonchev–Trinajstić information content (AvgIpc) is 2.82. The Morgan fingerprint density at radius 3 is 2.19 bits per heavy atom. The van der Waals surface area contributed by atoms with Crippen molar-refractivity contribution in [2.24, 2.45) is 0 Å². The molecule has 7 nitrogen and oxygen atoms in total. The molecule has 2 amide bonds. The number of halogens is 2. The van der Waals surface area contributed by atoms with Crippen LogP contribution in [0, 0.1) is 6.92 Å². The zero-order valence-electron chi connectivity index (χ0n) is 22.1.